The summed E-state index contributed by atoms with van der Waals surface area (Å²) in [7, 11) is 0. The molecule has 1 aliphatic carbocycles. The molecule has 1 aliphatic rings. The van der Waals surface area contributed by atoms with Crippen molar-refractivity contribution in [2.75, 3.05) is 0 Å². The van der Waals surface area contributed by atoms with E-state index >= 15 is 0 Å². The molecule has 5 rings (SSSR count). The van der Waals surface area contributed by atoms with Gasteiger partial charge in [0.05, 0.1) is 0 Å². The van der Waals surface area contributed by atoms with Crippen LogP contribution in [-0.4, -0.2) is 15.9 Å². The predicted octanol–water partition coefficient (Wildman–Crippen LogP) is 12.6. The average Bonchev–Trinajstić information content (AvgIpc) is 3.61. The van der Waals surface area contributed by atoms with Crippen molar-refractivity contribution in [1.82, 2.24) is 4.98 Å². The van der Waals surface area contributed by atoms with Gasteiger partial charge < -0.3 is 10.1 Å². The molecule has 1 N–H and O–H groups in total. The summed E-state index contributed by atoms with van der Waals surface area (Å²) in [5.41, 5.74) is 4.86. The molecule has 1 aromatic heterocycles. The van der Waals surface area contributed by atoms with Gasteiger partial charge in [0.1, 0.15) is 11.6 Å². The van der Waals surface area contributed by atoms with Gasteiger partial charge in [-0.15, -0.1) is 34.9 Å². The van der Waals surface area contributed by atoms with Crippen molar-refractivity contribution in [1.29, 1.82) is 0 Å². The zero-order valence-corrected chi connectivity index (χ0v) is 32.9. The summed E-state index contributed by atoms with van der Waals surface area (Å²) in [5.74, 6) is 1.27. The molecule has 1 heterocycles. The van der Waals surface area contributed by atoms with E-state index in [1.54, 1.807) is 12.1 Å². The minimum atomic E-state index is -0.337. The van der Waals surface area contributed by atoms with Gasteiger partial charge in [-0.3, -0.25) is 4.79 Å². The van der Waals surface area contributed by atoms with Gasteiger partial charge in [0.25, 0.3) is 0 Å². The van der Waals surface area contributed by atoms with Crippen molar-refractivity contribution in [3.8, 4) is 11.3 Å². The van der Waals surface area contributed by atoms with Crippen molar-refractivity contribution in [3.05, 3.63) is 89.1 Å². The van der Waals surface area contributed by atoms with Gasteiger partial charge in [-0.1, -0.05) is 87.3 Å². The maximum absolute atomic E-state index is 14.4. The van der Waals surface area contributed by atoms with Gasteiger partial charge in [0, 0.05) is 43.2 Å². The van der Waals surface area contributed by atoms with Gasteiger partial charge in [0.2, 0.25) is 0 Å². The van der Waals surface area contributed by atoms with Gasteiger partial charge in [-0.25, -0.2) is 4.39 Å². The molecule has 1 saturated carbocycles. The van der Waals surface area contributed by atoms with E-state index in [-0.39, 0.29) is 48.3 Å². The SMILES string of the molecule is CCC(C)(CC)C(=O)/C=C(\O)C(C)(CC)CC.Cc1[c-]c(-c2nccc3cc(C(C)C4CCCC4)c4ccc(F)cc4c23)cc(C)c1.[Ir]. The number of hydrogen-bond donors (Lipinski definition) is 1. The quantitative estimate of drug-likeness (QED) is 0.0750. The fourth-order valence-electron chi connectivity index (χ4n) is 7.10. The van der Waals surface area contributed by atoms with E-state index < -0.39 is 0 Å². The summed E-state index contributed by atoms with van der Waals surface area (Å²) in [5, 5.41) is 14.4. The molecule has 3 nitrogen and oxygen atoms in total. The monoisotopic (exact) mass is 829 g/mol. The van der Waals surface area contributed by atoms with E-state index in [4.69, 9.17) is 4.98 Å². The van der Waals surface area contributed by atoms with Crippen LogP contribution < -0.4 is 0 Å². The number of rotatable bonds is 10. The first-order chi connectivity index (χ1) is 22.3. The van der Waals surface area contributed by atoms with E-state index in [0.717, 1.165) is 64.0 Å². The normalized spacial score (nSPS) is 14.8. The third-order valence-electron chi connectivity index (χ3n) is 11.5. The van der Waals surface area contributed by atoms with Crippen LogP contribution in [0.2, 0.25) is 0 Å². The summed E-state index contributed by atoms with van der Waals surface area (Å²) in [6.45, 7) is 18.6. The second-order valence-corrected chi connectivity index (χ2v) is 14.4. The Kier molecular flexibility index (Phi) is 13.7. The number of benzene rings is 3. The van der Waals surface area contributed by atoms with Gasteiger partial charge >= 0.3 is 0 Å². The maximum Gasteiger partial charge on any atom is 0.164 e. The summed E-state index contributed by atoms with van der Waals surface area (Å²) in [6.07, 6.45) is 11.9. The minimum Gasteiger partial charge on any atom is -0.512 e. The van der Waals surface area contributed by atoms with Gasteiger partial charge in [-0.05, 0) is 101 Å². The van der Waals surface area contributed by atoms with E-state index in [2.05, 4.69) is 51.1 Å². The molecule has 0 spiro atoms. The molecule has 1 fully saturated rings. The topological polar surface area (TPSA) is 50.2 Å². The number of aryl methyl sites for hydroxylation is 2. The fraction of sp³-hybridized carbons (Fsp3) is 0.488. The average molecular weight is 829 g/mol. The number of ketones is 1. The number of aliphatic hydroxyl groups is 1. The molecular weight excluding hydrogens is 774 g/mol. The van der Waals surface area contributed by atoms with Crippen molar-refractivity contribution < 1.29 is 34.4 Å². The molecule has 1 atom stereocenters. The van der Waals surface area contributed by atoms with E-state index in [1.807, 2.05) is 53.8 Å². The van der Waals surface area contributed by atoms with Crippen molar-refractivity contribution in [2.24, 2.45) is 16.7 Å². The Bertz CT molecular complexity index is 1730. The van der Waals surface area contributed by atoms with Crippen LogP contribution in [0.1, 0.15) is 122 Å². The number of aliphatic hydroxyl groups excluding tert-OH is 1. The van der Waals surface area contributed by atoms with Crippen LogP contribution in [0, 0.1) is 42.5 Å². The second-order valence-electron chi connectivity index (χ2n) is 14.4. The number of carbonyl (C=O) groups is 1. The Hall–Kier alpha value is -2.88. The maximum atomic E-state index is 14.4. The Morgan fingerprint density at radius 1 is 0.958 bits per heavy atom. The molecule has 0 amide bonds. The van der Waals surface area contributed by atoms with Crippen LogP contribution in [0.5, 0.6) is 0 Å². The Labute approximate surface area is 302 Å². The van der Waals surface area contributed by atoms with Crippen LogP contribution in [0.15, 0.2) is 60.5 Å². The van der Waals surface area contributed by atoms with Crippen molar-refractivity contribution in [2.45, 2.75) is 120 Å². The van der Waals surface area contributed by atoms with Crippen LogP contribution >= 0.6 is 0 Å². The first-order valence-electron chi connectivity index (χ1n) is 17.8. The molecular formula is C43H55FIrNO2-. The third-order valence-corrected chi connectivity index (χ3v) is 11.5. The number of hydrogen-bond acceptors (Lipinski definition) is 3. The van der Waals surface area contributed by atoms with E-state index in [1.165, 1.54) is 42.9 Å². The molecule has 4 aromatic rings. The van der Waals surface area contributed by atoms with E-state index in [0.29, 0.717) is 11.8 Å². The molecule has 0 bridgehead atoms. The number of aromatic nitrogens is 1. The Morgan fingerprint density at radius 3 is 2.17 bits per heavy atom. The molecule has 1 radical (unpaired) electrons. The standard InChI is InChI=1S/C28H27FN.C15H28O2.Ir/c1-17-12-18(2)14-22(13-17)28-27-21(10-11-30-28)15-25(19(3)20-6-4-5-7-20)24-9-8-23(29)16-26(24)27;1-7-14(5,8-2)12(16)11-13(17)15(6,9-3)10-4;/h8-13,15-16,19-20H,4-7H2,1-3H3;11,16H,7-10H2,1-6H3;/q-1;;/b;12-11-;. The van der Waals surface area contributed by atoms with Crippen LogP contribution in [0.25, 0.3) is 32.8 Å². The number of carbonyl (C=O) groups excluding carboxylic acids is 1. The van der Waals surface area contributed by atoms with Crippen molar-refractivity contribution >= 4 is 27.3 Å². The number of nitrogens with zero attached hydrogens (tertiary/aromatic N) is 1. The largest absolute Gasteiger partial charge is 0.512 e. The Morgan fingerprint density at radius 2 is 1.58 bits per heavy atom. The number of halogens is 1. The molecule has 5 heteroatoms. The first-order valence-corrected chi connectivity index (χ1v) is 17.8. The smallest absolute Gasteiger partial charge is 0.164 e. The fourth-order valence-corrected chi connectivity index (χ4v) is 7.10. The zero-order chi connectivity index (χ0) is 34.5. The molecule has 3 aromatic carbocycles. The second kappa shape index (κ2) is 16.7. The number of pyridine rings is 1. The first kappa shape index (κ1) is 39.6. The molecule has 1 unspecified atom stereocenters. The van der Waals surface area contributed by atoms with Gasteiger partial charge in [0.15, 0.2) is 5.78 Å². The predicted molar refractivity (Wildman–Crippen MR) is 196 cm³/mol. The summed E-state index contributed by atoms with van der Waals surface area (Å²) < 4.78 is 14.4. The minimum absolute atomic E-state index is 0. The van der Waals surface area contributed by atoms with Crippen LogP contribution in [0.4, 0.5) is 4.39 Å². The summed E-state index contributed by atoms with van der Waals surface area (Å²) in [6, 6.07) is 17.3. The molecule has 0 saturated heterocycles. The molecule has 0 aliphatic heterocycles. The Balaban J connectivity index is 0.000000301. The summed E-state index contributed by atoms with van der Waals surface area (Å²) in [4.78, 5) is 16.9. The van der Waals surface area contributed by atoms with Crippen LogP contribution in [-0.2, 0) is 24.9 Å². The number of allylic oxidation sites excluding steroid dienone is 2. The summed E-state index contributed by atoms with van der Waals surface area (Å²) >= 11 is 0. The zero-order valence-electron chi connectivity index (χ0n) is 30.5. The molecule has 261 valence electrons. The van der Waals surface area contributed by atoms with Crippen molar-refractivity contribution in [3.63, 3.8) is 0 Å². The van der Waals surface area contributed by atoms with Gasteiger partial charge in [-0.2, -0.15) is 0 Å². The third kappa shape index (κ3) is 8.45. The number of fused-ring (bicyclic) bond motifs is 3. The van der Waals surface area contributed by atoms with E-state index in [9.17, 15) is 14.3 Å². The molecule has 48 heavy (non-hydrogen) atoms. The van der Waals surface area contributed by atoms with Crippen LogP contribution in [0.3, 0.4) is 0 Å².